The SMILES string of the molecule is C[C@H](N)c1ccc(N(C)C2CCCCC2O)cn1. The number of likely N-dealkylation sites (N-methyl/N-ethyl adjacent to an activating group) is 1. The van der Waals surface area contributed by atoms with E-state index in [1.165, 1.54) is 6.42 Å². The average molecular weight is 249 g/mol. The first-order valence-corrected chi connectivity index (χ1v) is 6.72. The molecule has 2 unspecified atom stereocenters. The Bertz CT molecular complexity index is 377. The molecule has 0 bridgehead atoms. The Hall–Kier alpha value is -1.13. The van der Waals surface area contributed by atoms with Gasteiger partial charge in [0.1, 0.15) is 0 Å². The maximum absolute atomic E-state index is 10.1. The van der Waals surface area contributed by atoms with Gasteiger partial charge < -0.3 is 15.7 Å². The fourth-order valence-corrected chi connectivity index (χ4v) is 2.61. The number of nitrogens with two attached hydrogens (primary N) is 1. The van der Waals surface area contributed by atoms with E-state index in [1.807, 2.05) is 32.3 Å². The Morgan fingerprint density at radius 2 is 2.11 bits per heavy atom. The Kier molecular flexibility index (Phi) is 4.19. The first-order valence-electron chi connectivity index (χ1n) is 6.72. The van der Waals surface area contributed by atoms with E-state index in [0.29, 0.717) is 0 Å². The van der Waals surface area contributed by atoms with Crippen LogP contribution in [-0.4, -0.2) is 29.3 Å². The van der Waals surface area contributed by atoms with Crippen LogP contribution in [0, 0.1) is 0 Å². The van der Waals surface area contributed by atoms with Gasteiger partial charge in [-0.1, -0.05) is 12.8 Å². The third kappa shape index (κ3) is 2.82. The highest BCUT2D eigenvalue weighted by Gasteiger charge is 2.26. The second-order valence-corrected chi connectivity index (χ2v) is 5.26. The van der Waals surface area contributed by atoms with Gasteiger partial charge in [-0.15, -0.1) is 0 Å². The molecule has 1 saturated carbocycles. The number of aromatic nitrogens is 1. The molecule has 1 heterocycles. The van der Waals surface area contributed by atoms with Gasteiger partial charge in [0.2, 0.25) is 0 Å². The van der Waals surface area contributed by atoms with E-state index in [1.54, 1.807) is 0 Å². The number of hydrogen-bond acceptors (Lipinski definition) is 4. The van der Waals surface area contributed by atoms with Crippen LogP contribution in [0.15, 0.2) is 18.3 Å². The molecular formula is C14H23N3O. The highest BCUT2D eigenvalue weighted by atomic mass is 16.3. The normalized spacial score (nSPS) is 25.8. The van der Waals surface area contributed by atoms with Crippen molar-refractivity contribution < 1.29 is 5.11 Å². The summed E-state index contributed by atoms with van der Waals surface area (Å²) in [6.45, 7) is 1.93. The molecule has 0 aliphatic heterocycles. The summed E-state index contributed by atoms with van der Waals surface area (Å²) >= 11 is 0. The van der Waals surface area contributed by atoms with Crippen LogP contribution in [-0.2, 0) is 0 Å². The minimum Gasteiger partial charge on any atom is -0.391 e. The average Bonchev–Trinajstić information content (AvgIpc) is 2.38. The second kappa shape index (κ2) is 5.67. The second-order valence-electron chi connectivity index (χ2n) is 5.26. The summed E-state index contributed by atoms with van der Waals surface area (Å²) in [5.74, 6) is 0. The maximum Gasteiger partial charge on any atom is 0.0743 e. The maximum atomic E-state index is 10.1. The van der Waals surface area contributed by atoms with Crippen molar-refractivity contribution in [3.8, 4) is 0 Å². The van der Waals surface area contributed by atoms with Crippen LogP contribution in [0.2, 0.25) is 0 Å². The van der Waals surface area contributed by atoms with Crippen molar-refractivity contribution in [2.75, 3.05) is 11.9 Å². The van der Waals surface area contributed by atoms with E-state index >= 15 is 0 Å². The number of hydrogen-bond donors (Lipinski definition) is 2. The number of pyridine rings is 1. The third-order valence-corrected chi connectivity index (χ3v) is 3.84. The molecule has 0 amide bonds. The molecule has 4 heteroatoms. The molecule has 2 rings (SSSR count). The Morgan fingerprint density at radius 1 is 1.39 bits per heavy atom. The van der Waals surface area contributed by atoms with E-state index in [4.69, 9.17) is 5.73 Å². The minimum absolute atomic E-state index is 0.0374. The molecule has 1 aromatic rings. The molecule has 1 aromatic heterocycles. The lowest BCUT2D eigenvalue weighted by Gasteiger charge is -2.36. The summed E-state index contributed by atoms with van der Waals surface area (Å²) in [5, 5.41) is 10.1. The monoisotopic (exact) mass is 249 g/mol. The summed E-state index contributed by atoms with van der Waals surface area (Å²) in [6.07, 6.45) is 5.90. The van der Waals surface area contributed by atoms with Gasteiger partial charge in [-0.05, 0) is 31.9 Å². The molecule has 1 fully saturated rings. The zero-order valence-corrected chi connectivity index (χ0v) is 11.2. The summed E-state index contributed by atoms with van der Waals surface area (Å²) < 4.78 is 0. The summed E-state index contributed by atoms with van der Waals surface area (Å²) in [6, 6.07) is 4.17. The fourth-order valence-electron chi connectivity index (χ4n) is 2.61. The summed E-state index contributed by atoms with van der Waals surface area (Å²) in [7, 11) is 2.03. The zero-order valence-electron chi connectivity index (χ0n) is 11.2. The molecule has 0 spiro atoms. The van der Waals surface area contributed by atoms with Crippen molar-refractivity contribution in [1.82, 2.24) is 4.98 Å². The molecule has 0 aromatic carbocycles. The summed E-state index contributed by atoms with van der Waals surface area (Å²) in [4.78, 5) is 6.51. The van der Waals surface area contributed by atoms with Crippen LogP contribution >= 0.6 is 0 Å². The molecule has 18 heavy (non-hydrogen) atoms. The molecule has 0 radical (unpaired) electrons. The van der Waals surface area contributed by atoms with E-state index in [0.717, 1.165) is 30.6 Å². The van der Waals surface area contributed by atoms with Gasteiger partial charge in [0.25, 0.3) is 0 Å². The molecule has 100 valence electrons. The molecule has 0 saturated heterocycles. The van der Waals surface area contributed by atoms with Gasteiger partial charge in [-0.2, -0.15) is 0 Å². The van der Waals surface area contributed by atoms with E-state index in [9.17, 15) is 5.11 Å². The standard InChI is InChI=1S/C14H23N3O/c1-10(15)12-8-7-11(9-16-12)17(2)13-5-3-4-6-14(13)18/h7-10,13-14,18H,3-6,15H2,1-2H3/t10-,13?,14?/m0/s1. The van der Waals surface area contributed by atoms with E-state index in [-0.39, 0.29) is 18.2 Å². The molecule has 4 nitrogen and oxygen atoms in total. The van der Waals surface area contributed by atoms with Crippen molar-refractivity contribution in [3.05, 3.63) is 24.0 Å². The van der Waals surface area contributed by atoms with Crippen LogP contribution < -0.4 is 10.6 Å². The van der Waals surface area contributed by atoms with Crippen LogP contribution in [0.4, 0.5) is 5.69 Å². The molecule has 3 atom stereocenters. The van der Waals surface area contributed by atoms with Crippen molar-refractivity contribution >= 4 is 5.69 Å². The van der Waals surface area contributed by atoms with Crippen LogP contribution in [0.3, 0.4) is 0 Å². The van der Waals surface area contributed by atoms with Crippen LogP contribution in [0.5, 0.6) is 0 Å². The Morgan fingerprint density at radius 3 is 2.67 bits per heavy atom. The van der Waals surface area contributed by atoms with Gasteiger partial charge in [0, 0.05) is 13.1 Å². The number of anilines is 1. The van der Waals surface area contributed by atoms with Crippen molar-refractivity contribution in [2.24, 2.45) is 5.73 Å². The molecule has 3 N–H and O–H groups in total. The fraction of sp³-hybridized carbons (Fsp3) is 0.643. The largest absolute Gasteiger partial charge is 0.391 e. The number of aliphatic hydroxyl groups is 1. The third-order valence-electron chi connectivity index (χ3n) is 3.84. The summed E-state index contributed by atoms with van der Waals surface area (Å²) in [5.41, 5.74) is 7.73. The van der Waals surface area contributed by atoms with Crippen LogP contribution in [0.25, 0.3) is 0 Å². The van der Waals surface area contributed by atoms with Crippen molar-refractivity contribution in [1.29, 1.82) is 0 Å². The van der Waals surface area contributed by atoms with Gasteiger partial charge >= 0.3 is 0 Å². The highest BCUT2D eigenvalue weighted by molar-refractivity contribution is 5.45. The van der Waals surface area contributed by atoms with Crippen molar-refractivity contribution in [2.45, 2.75) is 50.8 Å². The van der Waals surface area contributed by atoms with Crippen LogP contribution in [0.1, 0.15) is 44.3 Å². The van der Waals surface area contributed by atoms with E-state index in [2.05, 4.69) is 9.88 Å². The van der Waals surface area contributed by atoms with Gasteiger partial charge in [0.05, 0.1) is 29.7 Å². The molecule has 1 aliphatic carbocycles. The lowest BCUT2D eigenvalue weighted by atomic mass is 9.91. The minimum atomic E-state index is -0.225. The van der Waals surface area contributed by atoms with Gasteiger partial charge in [-0.3, -0.25) is 4.98 Å². The molecular weight excluding hydrogens is 226 g/mol. The lowest BCUT2D eigenvalue weighted by Crippen LogP contribution is -2.43. The first-order chi connectivity index (χ1) is 8.59. The van der Waals surface area contributed by atoms with Gasteiger partial charge in [-0.25, -0.2) is 0 Å². The topological polar surface area (TPSA) is 62.4 Å². The predicted octanol–water partition coefficient (Wildman–Crippen LogP) is 1.84. The number of rotatable bonds is 3. The highest BCUT2D eigenvalue weighted by Crippen LogP contribution is 2.26. The Labute approximate surface area is 109 Å². The van der Waals surface area contributed by atoms with Gasteiger partial charge in [0.15, 0.2) is 0 Å². The van der Waals surface area contributed by atoms with E-state index < -0.39 is 0 Å². The first kappa shape index (κ1) is 13.3. The zero-order chi connectivity index (χ0) is 13.1. The quantitative estimate of drug-likeness (QED) is 0.858. The number of aliphatic hydroxyl groups excluding tert-OH is 1. The predicted molar refractivity (Wildman–Crippen MR) is 73.5 cm³/mol. The lowest BCUT2D eigenvalue weighted by molar-refractivity contribution is 0.106. The smallest absolute Gasteiger partial charge is 0.0743 e. The van der Waals surface area contributed by atoms with Crippen molar-refractivity contribution in [3.63, 3.8) is 0 Å². The molecule has 1 aliphatic rings. The number of nitrogens with zero attached hydrogens (tertiary/aromatic N) is 2. The Balaban J connectivity index is 2.10.